The molecule has 11 aromatic carbocycles. The van der Waals surface area contributed by atoms with E-state index in [1.165, 1.54) is 99.3 Å². The molecule has 2 aliphatic carbocycles. The third kappa shape index (κ3) is 5.51. The summed E-state index contributed by atoms with van der Waals surface area (Å²) in [6.45, 7) is 0. The summed E-state index contributed by atoms with van der Waals surface area (Å²) in [4.78, 5) is 2.44. The zero-order valence-corrected chi connectivity index (χ0v) is 36.6. The number of anilines is 3. The van der Waals surface area contributed by atoms with Crippen molar-refractivity contribution in [3.63, 3.8) is 0 Å². The van der Waals surface area contributed by atoms with E-state index in [-0.39, 0.29) is 0 Å². The maximum absolute atomic E-state index is 2.48. The molecular formula is C65H42N2. The molecule has 0 saturated heterocycles. The van der Waals surface area contributed by atoms with E-state index in [1.54, 1.807) is 0 Å². The van der Waals surface area contributed by atoms with E-state index in [0.717, 1.165) is 22.7 Å². The molecule has 67 heavy (non-hydrogen) atoms. The van der Waals surface area contributed by atoms with Crippen molar-refractivity contribution in [2.75, 3.05) is 4.90 Å². The number of hydrogen-bond acceptors (Lipinski definition) is 1. The molecule has 0 aliphatic heterocycles. The molecule has 0 N–H and O–H groups in total. The lowest BCUT2D eigenvalue weighted by Crippen LogP contribution is -2.26. The van der Waals surface area contributed by atoms with Gasteiger partial charge in [-0.2, -0.15) is 0 Å². The number of rotatable bonds is 6. The van der Waals surface area contributed by atoms with Crippen LogP contribution in [0.1, 0.15) is 22.3 Å². The van der Waals surface area contributed by atoms with Crippen LogP contribution in [-0.2, 0) is 5.41 Å². The first kappa shape index (κ1) is 37.6. The van der Waals surface area contributed by atoms with Crippen molar-refractivity contribution in [3.8, 4) is 50.2 Å². The summed E-state index contributed by atoms with van der Waals surface area (Å²) in [6, 6.07) is 94.3. The Labute approximate surface area is 389 Å². The van der Waals surface area contributed by atoms with Crippen LogP contribution in [0.25, 0.3) is 82.8 Å². The summed E-state index contributed by atoms with van der Waals surface area (Å²) in [5, 5.41) is 5.01. The fraction of sp³-hybridized carbons (Fsp3) is 0.0154. The van der Waals surface area contributed by atoms with Crippen molar-refractivity contribution in [2.45, 2.75) is 5.41 Å². The van der Waals surface area contributed by atoms with Crippen LogP contribution in [0.5, 0.6) is 0 Å². The molecule has 2 nitrogen and oxygen atoms in total. The van der Waals surface area contributed by atoms with Crippen LogP contribution < -0.4 is 4.90 Å². The lowest BCUT2D eigenvalue weighted by Gasteiger charge is -2.32. The van der Waals surface area contributed by atoms with Crippen LogP contribution in [0, 0.1) is 0 Å². The monoisotopic (exact) mass is 850 g/mol. The molecule has 0 fully saturated rings. The predicted octanol–water partition coefficient (Wildman–Crippen LogP) is 17.1. The van der Waals surface area contributed by atoms with Gasteiger partial charge in [0.2, 0.25) is 0 Å². The third-order valence-electron chi connectivity index (χ3n) is 14.6. The summed E-state index contributed by atoms with van der Waals surface area (Å²) < 4.78 is 2.39. The van der Waals surface area contributed by atoms with Gasteiger partial charge in [0, 0.05) is 33.5 Å². The predicted molar refractivity (Wildman–Crippen MR) is 280 cm³/mol. The Kier molecular flexibility index (Phi) is 8.23. The second kappa shape index (κ2) is 14.7. The zero-order chi connectivity index (χ0) is 44.1. The van der Waals surface area contributed by atoms with E-state index in [4.69, 9.17) is 0 Å². The van der Waals surface area contributed by atoms with Gasteiger partial charge in [0.1, 0.15) is 0 Å². The number of para-hydroxylation sites is 2. The Balaban J connectivity index is 0.944. The Hall–Kier alpha value is -8.72. The molecule has 312 valence electrons. The second-order valence-electron chi connectivity index (χ2n) is 18.0. The average molecular weight is 851 g/mol. The first-order valence-corrected chi connectivity index (χ1v) is 23.3. The highest BCUT2D eigenvalue weighted by molar-refractivity contribution is 6.09. The first-order valence-electron chi connectivity index (χ1n) is 23.3. The largest absolute Gasteiger partial charge is 0.310 e. The molecule has 12 aromatic rings. The van der Waals surface area contributed by atoms with Crippen LogP contribution in [0.3, 0.4) is 0 Å². The van der Waals surface area contributed by atoms with E-state index in [9.17, 15) is 0 Å². The van der Waals surface area contributed by atoms with E-state index in [2.05, 4.69) is 264 Å². The van der Waals surface area contributed by atoms with E-state index >= 15 is 0 Å². The van der Waals surface area contributed by atoms with Gasteiger partial charge in [-0.15, -0.1) is 0 Å². The van der Waals surface area contributed by atoms with Gasteiger partial charge >= 0.3 is 0 Å². The molecule has 0 bridgehead atoms. The molecule has 0 unspecified atom stereocenters. The minimum Gasteiger partial charge on any atom is -0.310 e. The molecule has 1 spiro atoms. The normalized spacial score (nSPS) is 12.9. The fourth-order valence-corrected chi connectivity index (χ4v) is 11.7. The topological polar surface area (TPSA) is 8.17 Å². The second-order valence-corrected chi connectivity index (χ2v) is 18.0. The quantitative estimate of drug-likeness (QED) is 0.162. The summed E-state index contributed by atoms with van der Waals surface area (Å²) in [6.07, 6.45) is 0. The molecule has 0 atom stereocenters. The van der Waals surface area contributed by atoms with Gasteiger partial charge in [0.25, 0.3) is 0 Å². The minimum absolute atomic E-state index is 0.445. The first-order chi connectivity index (χ1) is 33.2. The lowest BCUT2D eigenvalue weighted by atomic mass is 9.70. The smallest absolute Gasteiger partial charge is 0.0726 e. The van der Waals surface area contributed by atoms with Crippen molar-refractivity contribution in [2.24, 2.45) is 0 Å². The number of aromatic nitrogens is 1. The van der Waals surface area contributed by atoms with Gasteiger partial charge in [0.15, 0.2) is 0 Å². The highest BCUT2D eigenvalue weighted by Gasteiger charge is 2.51. The van der Waals surface area contributed by atoms with E-state index in [1.807, 2.05) is 0 Å². The number of benzene rings is 11. The molecule has 1 aromatic heterocycles. The highest BCUT2D eigenvalue weighted by atomic mass is 15.1. The maximum atomic E-state index is 2.48. The van der Waals surface area contributed by atoms with Gasteiger partial charge in [-0.25, -0.2) is 0 Å². The standard InChI is InChI=1S/C65H42N2/c1-2-15-44(16-3-1)51-23-14-17-45-29-30-46(41-58(45)51)43-31-33-47(34-32-43)66(48-35-37-49(38-36-48)67-63-27-12-7-21-56(63)57-22-8-13-28-64(57)67)50-39-40-55-54-20-6-11-26-61(54)65(62(55)42-50)59-24-9-4-18-52(59)53-19-5-10-25-60(53)65/h1-42H. The molecule has 2 heteroatoms. The van der Waals surface area contributed by atoms with Gasteiger partial charge < -0.3 is 9.47 Å². The highest BCUT2D eigenvalue weighted by Crippen LogP contribution is 2.63. The van der Waals surface area contributed by atoms with Gasteiger partial charge in [0.05, 0.1) is 16.4 Å². The number of fused-ring (bicyclic) bond motifs is 14. The van der Waals surface area contributed by atoms with Crippen LogP contribution in [0.15, 0.2) is 255 Å². The molecule has 0 amide bonds. The minimum atomic E-state index is -0.445. The van der Waals surface area contributed by atoms with Crippen LogP contribution >= 0.6 is 0 Å². The average Bonchev–Trinajstić information content (AvgIpc) is 4.01. The fourth-order valence-electron chi connectivity index (χ4n) is 11.7. The molecule has 1 heterocycles. The summed E-state index contributed by atoms with van der Waals surface area (Å²) in [5.74, 6) is 0. The SMILES string of the molecule is c1ccc(-c2cccc3ccc(-c4ccc(N(c5ccc(-n6c7ccccc7c7ccccc76)cc5)c5ccc6c(c5)C5(c7ccccc7-c7ccccc75)c5ccccc5-6)cc4)cc23)cc1. The molecule has 2 aliphatic rings. The van der Waals surface area contributed by atoms with E-state index in [0.29, 0.717) is 0 Å². The van der Waals surface area contributed by atoms with E-state index < -0.39 is 5.41 Å². The summed E-state index contributed by atoms with van der Waals surface area (Å²) in [7, 11) is 0. The van der Waals surface area contributed by atoms with Gasteiger partial charge in [-0.3, -0.25) is 0 Å². The van der Waals surface area contributed by atoms with Crippen molar-refractivity contribution >= 4 is 49.6 Å². The van der Waals surface area contributed by atoms with Crippen LogP contribution in [0.2, 0.25) is 0 Å². The zero-order valence-electron chi connectivity index (χ0n) is 36.6. The molecule has 0 radical (unpaired) electrons. The van der Waals surface area contributed by atoms with Crippen molar-refractivity contribution in [3.05, 3.63) is 277 Å². The van der Waals surface area contributed by atoms with Crippen LogP contribution in [-0.4, -0.2) is 4.57 Å². The van der Waals surface area contributed by atoms with Crippen molar-refractivity contribution < 1.29 is 0 Å². The molecule has 0 saturated carbocycles. The third-order valence-corrected chi connectivity index (χ3v) is 14.6. The summed E-state index contributed by atoms with van der Waals surface area (Å²) >= 11 is 0. The maximum Gasteiger partial charge on any atom is 0.0726 e. The van der Waals surface area contributed by atoms with Crippen LogP contribution in [0.4, 0.5) is 17.1 Å². The Morgan fingerprint density at radius 1 is 0.284 bits per heavy atom. The van der Waals surface area contributed by atoms with Gasteiger partial charge in [-0.05, 0) is 144 Å². The van der Waals surface area contributed by atoms with Crippen molar-refractivity contribution in [1.82, 2.24) is 4.57 Å². The molecular weight excluding hydrogens is 809 g/mol. The summed E-state index contributed by atoms with van der Waals surface area (Å²) in [5.41, 5.74) is 21.8. The Morgan fingerprint density at radius 2 is 0.776 bits per heavy atom. The van der Waals surface area contributed by atoms with Gasteiger partial charge in [-0.1, -0.05) is 188 Å². The van der Waals surface area contributed by atoms with Crippen molar-refractivity contribution in [1.29, 1.82) is 0 Å². The Morgan fingerprint density at radius 3 is 1.40 bits per heavy atom. The molecule has 14 rings (SSSR count). The number of hydrogen-bond donors (Lipinski definition) is 0. The lowest BCUT2D eigenvalue weighted by molar-refractivity contribution is 0.793. The number of nitrogens with zero attached hydrogens (tertiary/aromatic N) is 2. The Bertz CT molecular complexity index is 3800.